The Bertz CT molecular complexity index is 1050. The number of primary sulfonamides is 1. The van der Waals surface area contributed by atoms with Crippen molar-refractivity contribution in [3.63, 3.8) is 0 Å². The molecule has 2 N–H and O–H groups in total. The molecule has 0 spiro atoms. The van der Waals surface area contributed by atoms with Crippen LogP contribution in [0, 0.1) is 0 Å². The number of esters is 2. The Morgan fingerprint density at radius 2 is 1.90 bits per heavy atom. The Hall–Kier alpha value is -2.10. The maximum absolute atomic E-state index is 12.6. The molecule has 0 aromatic rings. The summed E-state index contributed by atoms with van der Waals surface area (Å²) in [6.07, 6.45) is 0.322. The molecule has 0 bridgehead atoms. The lowest BCUT2D eigenvalue weighted by atomic mass is 10.0. The number of carbonyl (C=O) groups excluding carboxylic acids is 3. The topological polar surface area (TPSA) is 176 Å². The summed E-state index contributed by atoms with van der Waals surface area (Å²) in [7, 11) is -8.01. The van der Waals surface area contributed by atoms with Gasteiger partial charge >= 0.3 is 18.0 Å². The van der Waals surface area contributed by atoms with E-state index in [9.17, 15) is 31.2 Å². The normalized spacial score (nSPS) is 22.3. The summed E-state index contributed by atoms with van der Waals surface area (Å²) in [6.45, 7) is 2.74. The number of hydrogen-bond donors (Lipinski definition) is 1. The minimum atomic E-state index is -4.24. The summed E-state index contributed by atoms with van der Waals surface area (Å²) in [5, 5.41) is 4.40. The van der Waals surface area contributed by atoms with Gasteiger partial charge in [-0.15, -0.1) is 0 Å². The molecule has 0 radical (unpaired) electrons. The first-order chi connectivity index (χ1) is 14.3. The smallest absolute Gasteiger partial charge is 0.413 e. The fraction of sp³-hybridized carbons (Fsp3) is 0.562. The fourth-order valence-electron chi connectivity index (χ4n) is 2.89. The van der Waals surface area contributed by atoms with Gasteiger partial charge in [-0.3, -0.25) is 9.69 Å². The Balaban J connectivity index is 2.21. The van der Waals surface area contributed by atoms with Gasteiger partial charge in [-0.1, -0.05) is 11.8 Å². The van der Waals surface area contributed by atoms with Crippen LogP contribution < -0.4 is 5.14 Å². The molecule has 0 saturated carbocycles. The van der Waals surface area contributed by atoms with E-state index in [0.29, 0.717) is 17.3 Å². The van der Waals surface area contributed by atoms with E-state index in [4.69, 9.17) is 9.88 Å². The van der Waals surface area contributed by atoms with Crippen molar-refractivity contribution in [1.29, 1.82) is 0 Å². The van der Waals surface area contributed by atoms with Gasteiger partial charge in [-0.05, 0) is 31.9 Å². The molecule has 2 aliphatic heterocycles. The average molecular weight is 499 g/mol. The van der Waals surface area contributed by atoms with E-state index in [1.165, 1.54) is 13.0 Å². The van der Waals surface area contributed by atoms with Crippen LogP contribution in [0.2, 0.25) is 0 Å². The van der Waals surface area contributed by atoms with Crippen LogP contribution in [-0.4, -0.2) is 71.0 Å². The summed E-state index contributed by atoms with van der Waals surface area (Å²) in [4.78, 5) is 35.7. The van der Waals surface area contributed by atoms with E-state index < -0.39 is 66.8 Å². The third kappa shape index (κ3) is 5.78. The summed E-state index contributed by atoms with van der Waals surface area (Å²) in [6, 6.07) is -1.03. The molecule has 0 saturated heterocycles. The molecule has 31 heavy (non-hydrogen) atoms. The number of carbonyl (C=O) groups is 3. The number of nitrogens with two attached hydrogens (primary N) is 1. The van der Waals surface area contributed by atoms with E-state index >= 15 is 0 Å². The molecule has 0 aromatic carbocycles. The molecular formula is C16H22N2O10S3. The molecule has 0 aliphatic carbocycles. The summed E-state index contributed by atoms with van der Waals surface area (Å²) >= 11 is 0.543. The third-order valence-corrected chi connectivity index (χ3v) is 9.77. The molecule has 174 valence electrons. The molecular weight excluding hydrogens is 476 g/mol. The highest BCUT2D eigenvalue weighted by Gasteiger charge is 2.45. The zero-order chi connectivity index (χ0) is 23.6. The number of thioether (sulfide) groups is 1. The van der Waals surface area contributed by atoms with Gasteiger partial charge in [0.05, 0.1) is 11.3 Å². The maximum Gasteiger partial charge on any atom is 0.413 e. The standard InChI is InChI=1S/C16H22N2O10S3/c1-4-18(16(21)28-8-27-13(20)7-26-10(3)19)12-6-14(31(17,24)25)29-15-11(12)5-9(2)30(15,22)23/h6,9,12H,4-5,7-8H2,1-3H3,(H2,17,24,25)/t9-,12-/m0/s1. The summed E-state index contributed by atoms with van der Waals surface area (Å²) < 4.78 is 62.4. The highest BCUT2D eigenvalue weighted by Crippen LogP contribution is 2.48. The molecule has 0 fully saturated rings. The Morgan fingerprint density at radius 1 is 1.26 bits per heavy atom. The Morgan fingerprint density at radius 3 is 2.45 bits per heavy atom. The summed E-state index contributed by atoms with van der Waals surface area (Å²) in [5.74, 6) is -1.64. The first kappa shape index (κ1) is 25.2. The average Bonchev–Trinajstić information content (AvgIpc) is 2.89. The number of rotatable bonds is 7. The minimum absolute atomic E-state index is 0.0230. The number of amides is 1. The quantitative estimate of drug-likeness (QED) is 0.374. The van der Waals surface area contributed by atoms with Crippen LogP contribution in [0.1, 0.15) is 27.2 Å². The minimum Gasteiger partial charge on any atom is -0.454 e. The van der Waals surface area contributed by atoms with E-state index in [-0.39, 0.29) is 17.2 Å². The second kappa shape index (κ2) is 9.58. The lowest BCUT2D eigenvalue weighted by Gasteiger charge is -2.31. The predicted molar refractivity (Wildman–Crippen MR) is 109 cm³/mol. The molecule has 15 heteroatoms. The zero-order valence-electron chi connectivity index (χ0n) is 16.9. The molecule has 0 unspecified atom stereocenters. The van der Waals surface area contributed by atoms with Gasteiger partial charge in [0.15, 0.2) is 16.4 Å². The number of hydrogen-bond acceptors (Lipinski definition) is 11. The predicted octanol–water partition coefficient (Wildman–Crippen LogP) is 0.173. The first-order valence-corrected chi connectivity index (χ1v) is 12.8. The van der Waals surface area contributed by atoms with Gasteiger partial charge in [0, 0.05) is 13.5 Å². The van der Waals surface area contributed by atoms with Gasteiger partial charge in [0.2, 0.25) is 16.8 Å². The van der Waals surface area contributed by atoms with E-state index in [2.05, 4.69) is 9.47 Å². The first-order valence-electron chi connectivity index (χ1n) is 8.90. The second-order valence-electron chi connectivity index (χ2n) is 6.56. The number of sulfonamides is 1. The number of sulfone groups is 1. The molecule has 2 rings (SSSR count). The van der Waals surface area contributed by atoms with Crippen LogP contribution in [0.25, 0.3) is 0 Å². The fourth-order valence-corrected chi connectivity index (χ4v) is 7.36. The van der Waals surface area contributed by atoms with Crippen molar-refractivity contribution in [2.24, 2.45) is 5.14 Å². The van der Waals surface area contributed by atoms with E-state index in [0.717, 1.165) is 11.8 Å². The molecule has 0 aromatic heterocycles. The third-order valence-electron chi connectivity index (χ3n) is 4.39. The van der Waals surface area contributed by atoms with Crippen molar-refractivity contribution in [1.82, 2.24) is 4.90 Å². The second-order valence-corrected chi connectivity index (χ2v) is 12.0. The highest BCUT2D eigenvalue weighted by atomic mass is 32.3. The van der Waals surface area contributed by atoms with Crippen LogP contribution >= 0.6 is 11.8 Å². The summed E-state index contributed by atoms with van der Waals surface area (Å²) in [5.41, 5.74) is 0.357. The van der Waals surface area contributed by atoms with Gasteiger partial charge in [-0.25, -0.2) is 31.6 Å². The van der Waals surface area contributed by atoms with Gasteiger partial charge in [0.25, 0.3) is 0 Å². The van der Waals surface area contributed by atoms with Crippen LogP contribution in [0.3, 0.4) is 0 Å². The van der Waals surface area contributed by atoms with Crippen molar-refractivity contribution in [3.05, 3.63) is 20.1 Å². The van der Waals surface area contributed by atoms with Crippen molar-refractivity contribution in [2.75, 3.05) is 19.9 Å². The maximum atomic E-state index is 12.6. The number of likely N-dealkylation sites (N-methyl/N-ethyl adjacent to an activating group) is 1. The Kier molecular flexibility index (Phi) is 7.78. The zero-order valence-corrected chi connectivity index (χ0v) is 19.3. The largest absolute Gasteiger partial charge is 0.454 e. The molecule has 1 amide bonds. The van der Waals surface area contributed by atoms with Crippen LogP contribution in [0.15, 0.2) is 20.1 Å². The van der Waals surface area contributed by atoms with Crippen LogP contribution in [-0.2, 0) is 43.7 Å². The monoisotopic (exact) mass is 498 g/mol. The van der Waals surface area contributed by atoms with Crippen LogP contribution in [0.5, 0.6) is 0 Å². The Labute approximate surface area is 183 Å². The SMILES string of the molecule is CCN(C(=O)OCOC(=O)COC(C)=O)[C@H]1C=C(S(N)(=O)=O)SC2=C1C[C@H](C)S2(=O)=O. The van der Waals surface area contributed by atoms with Crippen molar-refractivity contribution >= 4 is 49.7 Å². The molecule has 2 aliphatic rings. The molecule has 2 heterocycles. The van der Waals surface area contributed by atoms with Crippen molar-refractivity contribution in [2.45, 2.75) is 38.5 Å². The molecule has 12 nitrogen and oxygen atoms in total. The van der Waals surface area contributed by atoms with E-state index in [1.807, 2.05) is 0 Å². The molecule has 2 atom stereocenters. The lowest BCUT2D eigenvalue weighted by Crippen LogP contribution is -2.42. The van der Waals surface area contributed by atoms with Crippen molar-refractivity contribution in [3.8, 4) is 0 Å². The number of ether oxygens (including phenoxy) is 3. The number of nitrogens with zero attached hydrogens (tertiary/aromatic N) is 1. The lowest BCUT2D eigenvalue weighted by molar-refractivity contribution is -0.163. The highest BCUT2D eigenvalue weighted by molar-refractivity contribution is 8.27. The van der Waals surface area contributed by atoms with Gasteiger partial charge < -0.3 is 14.2 Å². The van der Waals surface area contributed by atoms with Crippen molar-refractivity contribution < 1.29 is 45.4 Å². The van der Waals surface area contributed by atoms with Gasteiger partial charge in [0.1, 0.15) is 8.47 Å². The van der Waals surface area contributed by atoms with Crippen LogP contribution in [0.4, 0.5) is 4.79 Å². The van der Waals surface area contributed by atoms with Gasteiger partial charge in [-0.2, -0.15) is 0 Å². The van der Waals surface area contributed by atoms with E-state index in [1.54, 1.807) is 6.92 Å².